The van der Waals surface area contributed by atoms with Gasteiger partial charge in [0, 0.05) is 23.2 Å². The average Bonchev–Trinajstić information content (AvgIpc) is 3.58. The van der Waals surface area contributed by atoms with E-state index in [0.29, 0.717) is 28.9 Å². The molecule has 3 aromatic heterocycles. The SMILES string of the molecule is COc1nn(-c2[c-]c(Oc3[c-]c4c(cc3)c3ccccc3n4-c3cc(C)ccn3)ccc2)c(OC)c1-c1c(C)ccc(C)c1C.[Pd+2]. The Kier molecular flexibility index (Phi) is 8.44. The van der Waals surface area contributed by atoms with E-state index in [2.05, 4.69) is 85.8 Å². The first-order chi connectivity index (χ1) is 21.9. The molecule has 0 atom stereocenters. The van der Waals surface area contributed by atoms with Crippen LogP contribution in [0.2, 0.25) is 0 Å². The first kappa shape index (κ1) is 31.1. The average molecular weight is 699 g/mol. The van der Waals surface area contributed by atoms with Crippen molar-refractivity contribution in [1.82, 2.24) is 19.3 Å². The Labute approximate surface area is 282 Å². The fourth-order valence-electron chi connectivity index (χ4n) is 5.98. The number of ether oxygens (including phenoxy) is 3. The third-order valence-electron chi connectivity index (χ3n) is 8.28. The molecule has 232 valence electrons. The van der Waals surface area contributed by atoms with Crippen molar-refractivity contribution in [1.29, 1.82) is 0 Å². The fourth-order valence-corrected chi connectivity index (χ4v) is 5.98. The molecule has 7 rings (SSSR count). The smallest absolute Gasteiger partial charge is 0.509 e. The molecule has 0 spiro atoms. The first-order valence-corrected chi connectivity index (χ1v) is 14.7. The van der Waals surface area contributed by atoms with Crippen molar-refractivity contribution in [2.24, 2.45) is 0 Å². The summed E-state index contributed by atoms with van der Waals surface area (Å²) in [6.45, 7) is 8.36. The molecule has 8 heteroatoms. The third-order valence-corrected chi connectivity index (χ3v) is 8.28. The molecule has 0 aliphatic carbocycles. The van der Waals surface area contributed by atoms with Crippen molar-refractivity contribution in [3.05, 3.63) is 119 Å². The number of fused-ring (bicyclic) bond motifs is 3. The van der Waals surface area contributed by atoms with E-state index in [1.54, 1.807) is 18.9 Å². The minimum absolute atomic E-state index is 0. The molecule has 0 aliphatic rings. The number of rotatable bonds is 7. The van der Waals surface area contributed by atoms with E-state index in [1.165, 1.54) is 5.56 Å². The zero-order valence-electron chi connectivity index (χ0n) is 26.4. The van der Waals surface area contributed by atoms with Gasteiger partial charge in [0.25, 0.3) is 0 Å². The van der Waals surface area contributed by atoms with Gasteiger partial charge in [0.05, 0.1) is 14.2 Å². The number of aromatic nitrogens is 4. The van der Waals surface area contributed by atoms with Crippen molar-refractivity contribution in [3.8, 4) is 45.9 Å². The minimum atomic E-state index is 0. The van der Waals surface area contributed by atoms with Gasteiger partial charge in [0.1, 0.15) is 11.4 Å². The monoisotopic (exact) mass is 698 g/mol. The Morgan fingerprint density at radius 1 is 0.717 bits per heavy atom. The second-order valence-electron chi connectivity index (χ2n) is 11.1. The first-order valence-electron chi connectivity index (χ1n) is 14.7. The summed E-state index contributed by atoms with van der Waals surface area (Å²) < 4.78 is 21.9. The largest absolute Gasteiger partial charge is 2.00 e. The molecule has 3 heterocycles. The Morgan fingerprint density at radius 3 is 2.28 bits per heavy atom. The third kappa shape index (κ3) is 5.24. The van der Waals surface area contributed by atoms with Crippen LogP contribution in [0.3, 0.4) is 0 Å². The van der Waals surface area contributed by atoms with Crippen LogP contribution in [-0.2, 0) is 20.4 Å². The summed E-state index contributed by atoms with van der Waals surface area (Å²) >= 11 is 0. The summed E-state index contributed by atoms with van der Waals surface area (Å²) in [5.41, 5.74) is 9.01. The van der Waals surface area contributed by atoms with Crippen LogP contribution in [0.15, 0.2) is 85.1 Å². The maximum absolute atomic E-state index is 6.38. The van der Waals surface area contributed by atoms with Crippen LogP contribution in [0, 0.1) is 39.8 Å². The van der Waals surface area contributed by atoms with Crippen molar-refractivity contribution in [2.45, 2.75) is 27.7 Å². The summed E-state index contributed by atoms with van der Waals surface area (Å²) in [4.78, 5) is 4.68. The molecule has 0 saturated carbocycles. The molecule has 7 aromatic rings. The van der Waals surface area contributed by atoms with Crippen LogP contribution < -0.4 is 14.2 Å². The number of hydrogen-bond donors (Lipinski definition) is 0. The maximum atomic E-state index is 6.38. The molecule has 7 nitrogen and oxygen atoms in total. The Balaban J connectivity index is 0.00000372. The van der Waals surface area contributed by atoms with Gasteiger partial charge in [-0.2, -0.15) is 12.1 Å². The van der Waals surface area contributed by atoms with Gasteiger partial charge < -0.3 is 18.8 Å². The predicted octanol–water partition coefficient (Wildman–Crippen LogP) is 8.67. The van der Waals surface area contributed by atoms with Crippen molar-refractivity contribution < 1.29 is 34.6 Å². The van der Waals surface area contributed by atoms with Crippen LogP contribution in [-0.4, -0.2) is 33.6 Å². The molecule has 0 fully saturated rings. The van der Waals surface area contributed by atoms with Gasteiger partial charge in [-0.05, 0) is 84.8 Å². The van der Waals surface area contributed by atoms with Crippen molar-refractivity contribution in [2.75, 3.05) is 14.2 Å². The molecule has 0 N–H and O–H groups in total. The second-order valence-corrected chi connectivity index (χ2v) is 11.1. The number of hydrogen-bond acceptors (Lipinski definition) is 5. The number of para-hydroxylation sites is 1. The summed E-state index contributed by atoms with van der Waals surface area (Å²) in [6, 6.07) is 33.2. The van der Waals surface area contributed by atoms with E-state index in [0.717, 1.165) is 55.4 Å². The Bertz CT molecular complexity index is 2230. The van der Waals surface area contributed by atoms with Crippen molar-refractivity contribution in [3.63, 3.8) is 0 Å². The van der Waals surface area contributed by atoms with Gasteiger partial charge in [-0.3, -0.25) is 0 Å². The van der Waals surface area contributed by atoms with Gasteiger partial charge in [-0.15, -0.1) is 40.8 Å². The number of methoxy groups -OCH3 is 2. The Hall–Kier alpha value is -4.90. The Morgan fingerprint density at radius 2 is 1.50 bits per heavy atom. The summed E-state index contributed by atoms with van der Waals surface area (Å²) in [6.07, 6.45) is 1.83. The fraction of sp³-hybridized carbons (Fsp3) is 0.158. The van der Waals surface area contributed by atoms with E-state index in [-0.39, 0.29) is 20.4 Å². The van der Waals surface area contributed by atoms with Crippen LogP contribution in [0.5, 0.6) is 23.3 Å². The molecule has 0 radical (unpaired) electrons. The quantitative estimate of drug-likeness (QED) is 0.123. The minimum Gasteiger partial charge on any atom is -0.509 e. The molecular formula is C38H32N4O3Pd. The molecule has 0 amide bonds. The van der Waals surface area contributed by atoms with Gasteiger partial charge in [0.15, 0.2) is 0 Å². The van der Waals surface area contributed by atoms with E-state index in [4.69, 9.17) is 19.3 Å². The molecule has 0 aliphatic heterocycles. The van der Waals surface area contributed by atoms with Gasteiger partial charge in [-0.25, -0.2) is 9.67 Å². The zero-order valence-corrected chi connectivity index (χ0v) is 28.0. The predicted molar refractivity (Wildman–Crippen MR) is 177 cm³/mol. The zero-order chi connectivity index (χ0) is 31.2. The van der Waals surface area contributed by atoms with Crippen molar-refractivity contribution >= 4 is 21.8 Å². The molecule has 0 unspecified atom stereocenters. The van der Waals surface area contributed by atoms with E-state index in [9.17, 15) is 0 Å². The maximum Gasteiger partial charge on any atom is 2.00 e. The molecule has 0 bridgehead atoms. The topological polar surface area (TPSA) is 63.3 Å². The molecule has 4 aromatic carbocycles. The molecule has 0 saturated heterocycles. The van der Waals surface area contributed by atoms with Crippen LogP contribution in [0.4, 0.5) is 0 Å². The standard InChI is InChI=1S/C38H32N4O3.Pd/c1-23-18-19-39-34(20-23)41-32-13-8-7-12-30(32)31-17-16-29(22-33(31)41)45-28-11-9-10-27(21-28)42-38(44-6)36(37(40-42)43-5)35-25(3)15-14-24(2)26(35)4;/h7-20H,1-6H3;/q-2;+2. The summed E-state index contributed by atoms with van der Waals surface area (Å²) in [7, 11) is 3.26. The number of pyridine rings is 1. The molecular weight excluding hydrogens is 667 g/mol. The van der Waals surface area contributed by atoms with Crippen LogP contribution >= 0.6 is 0 Å². The summed E-state index contributed by atoms with van der Waals surface area (Å²) in [5.74, 6) is 2.93. The van der Waals surface area contributed by atoms with Crippen LogP contribution in [0.1, 0.15) is 22.3 Å². The number of aryl methyl sites for hydroxylation is 3. The second kappa shape index (κ2) is 12.5. The van der Waals surface area contributed by atoms with Gasteiger partial charge in [-0.1, -0.05) is 35.8 Å². The summed E-state index contributed by atoms with van der Waals surface area (Å²) in [5, 5.41) is 6.99. The number of benzene rings is 4. The number of nitrogens with zero attached hydrogens (tertiary/aromatic N) is 4. The van der Waals surface area contributed by atoms with E-state index < -0.39 is 0 Å². The van der Waals surface area contributed by atoms with Crippen LogP contribution in [0.25, 0.3) is 44.4 Å². The molecule has 46 heavy (non-hydrogen) atoms. The van der Waals surface area contributed by atoms with E-state index >= 15 is 0 Å². The van der Waals surface area contributed by atoms with Gasteiger partial charge in [0.2, 0.25) is 11.8 Å². The van der Waals surface area contributed by atoms with E-state index in [1.807, 2.05) is 48.7 Å². The normalized spacial score (nSPS) is 11.1. The van der Waals surface area contributed by atoms with Gasteiger partial charge >= 0.3 is 20.4 Å².